The minimum absolute atomic E-state index is 0.0606. The highest BCUT2D eigenvalue weighted by Crippen LogP contribution is 2.17. The van der Waals surface area contributed by atoms with Gasteiger partial charge >= 0.3 is 0 Å². The second-order valence-corrected chi connectivity index (χ2v) is 7.39. The van der Waals surface area contributed by atoms with Crippen LogP contribution in [0.2, 0.25) is 0 Å². The largest absolute Gasteiger partial charge is 0.368 e. The summed E-state index contributed by atoms with van der Waals surface area (Å²) in [4.78, 5) is 33.8. The zero-order valence-corrected chi connectivity index (χ0v) is 16.5. The van der Waals surface area contributed by atoms with E-state index in [4.69, 9.17) is 0 Å². The first kappa shape index (κ1) is 19.0. The van der Waals surface area contributed by atoms with Crippen LogP contribution in [0.25, 0.3) is 0 Å². The Labute approximate surface area is 170 Å². The van der Waals surface area contributed by atoms with Crippen molar-refractivity contribution in [2.45, 2.75) is 19.4 Å². The average Bonchev–Trinajstić information content (AvgIpc) is 2.74. The summed E-state index contributed by atoms with van der Waals surface area (Å²) in [5.41, 5.74) is 2.97. The van der Waals surface area contributed by atoms with Gasteiger partial charge in [-0.05, 0) is 36.8 Å². The standard InChI is InChI=1S/C22H25N5O2/c1-16-6-5-7-17(14-16)23-21(29)19-15-20(28)25-22(24-19)27-12-10-26(11-13-27)18-8-3-2-4-9-18/h2-9,14,19H,10-13,15H2,1H3,(H,23,29)(H,24,25,28). The second-order valence-electron chi connectivity index (χ2n) is 7.39. The number of amides is 2. The molecule has 0 spiro atoms. The SMILES string of the molecule is Cc1cccc(NC(=O)C2CC(=O)NC(N3CCN(c4ccccc4)CC3)=N2)c1. The maximum Gasteiger partial charge on any atom is 0.249 e. The van der Waals surface area contributed by atoms with Gasteiger partial charge in [-0.1, -0.05) is 30.3 Å². The molecule has 2 aliphatic heterocycles. The van der Waals surface area contributed by atoms with Gasteiger partial charge in [-0.25, -0.2) is 4.99 Å². The summed E-state index contributed by atoms with van der Waals surface area (Å²) in [5.74, 6) is 0.0640. The van der Waals surface area contributed by atoms with Crippen LogP contribution in [-0.2, 0) is 9.59 Å². The fourth-order valence-corrected chi connectivity index (χ4v) is 3.65. The monoisotopic (exact) mass is 391 g/mol. The van der Waals surface area contributed by atoms with E-state index in [1.165, 1.54) is 5.69 Å². The Morgan fingerprint density at radius 1 is 1.03 bits per heavy atom. The molecule has 0 aliphatic carbocycles. The summed E-state index contributed by atoms with van der Waals surface area (Å²) < 4.78 is 0. The van der Waals surface area contributed by atoms with Crippen molar-refractivity contribution in [2.75, 3.05) is 36.4 Å². The summed E-state index contributed by atoms with van der Waals surface area (Å²) in [6, 6.07) is 17.1. The third-order valence-electron chi connectivity index (χ3n) is 5.20. The number of anilines is 2. The molecule has 150 valence electrons. The third-order valence-corrected chi connectivity index (χ3v) is 5.20. The number of benzene rings is 2. The maximum atomic E-state index is 12.7. The van der Waals surface area contributed by atoms with E-state index >= 15 is 0 Å². The highest BCUT2D eigenvalue weighted by molar-refractivity contribution is 6.06. The van der Waals surface area contributed by atoms with Gasteiger partial charge in [0.15, 0.2) is 0 Å². The molecule has 2 aromatic rings. The van der Waals surface area contributed by atoms with Gasteiger partial charge in [0, 0.05) is 37.6 Å². The Hall–Kier alpha value is -3.35. The number of aliphatic imine (C=N–C) groups is 1. The Balaban J connectivity index is 1.41. The second kappa shape index (κ2) is 8.34. The lowest BCUT2D eigenvalue weighted by Gasteiger charge is -2.38. The number of carbonyl (C=O) groups excluding carboxylic acids is 2. The van der Waals surface area contributed by atoms with E-state index in [-0.39, 0.29) is 18.2 Å². The normalized spacial score (nSPS) is 19.4. The minimum Gasteiger partial charge on any atom is -0.368 e. The minimum atomic E-state index is -0.716. The number of aryl methyl sites for hydroxylation is 1. The predicted octanol–water partition coefficient (Wildman–Crippen LogP) is 2.00. The molecule has 1 fully saturated rings. The van der Waals surface area contributed by atoms with Gasteiger partial charge in [-0.3, -0.25) is 14.9 Å². The molecule has 1 unspecified atom stereocenters. The topological polar surface area (TPSA) is 77.0 Å². The molecule has 2 N–H and O–H groups in total. The number of nitrogens with zero attached hydrogens (tertiary/aromatic N) is 3. The molecular weight excluding hydrogens is 366 g/mol. The molecular formula is C22H25N5O2. The average molecular weight is 391 g/mol. The Bertz CT molecular complexity index is 920. The fourth-order valence-electron chi connectivity index (χ4n) is 3.65. The Morgan fingerprint density at radius 2 is 1.76 bits per heavy atom. The Kier molecular flexibility index (Phi) is 5.46. The molecule has 1 saturated heterocycles. The van der Waals surface area contributed by atoms with Crippen LogP contribution >= 0.6 is 0 Å². The van der Waals surface area contributed by atoms with Gasteiger partial charge in [0.1, 0.15) is 6.04 Å². The first-order chi connectivity index (χ1) is 14.1. The molecule has 4 rings (SSSR count). The molecule has 2 aliphatic rings. The lowest BCUT2D eigenvalue weighted by Crippen LogP contribution is -2.56. The van der Waals surface area contributed by atoms with E-state index in [1.54, 1.807) is 0 Å². The van der Waals surface area contributed by atoms with Crippen molar-refractivity contribution < 1.29 is 9.59 Å². The number of para-hydroxylation sites is 1. The van der Waals surface area contributed by atoms with Crippen LogP contribution in [0, 0.1) is 6.92 Å². The van der Waals surface area contributed by atoms with Crippen LogP contribution in [0.5, 0.6) is 0 Å². The van der Waals surface area contributed by atoms with Gasteiger partial charge in [0.25, 0.3) is 0 Å². The molecule has 0 aromatic heterocycles. The number of nitrogens with one attached hydrogen (secondary N) is 2. The van der Waals surface area contributed by atoms with E-state index in [0.29, 0.717) is 11.6 Å². The van der Waals surface area contributed by atoms with E-state index in [1.807, 2.05) is 54.3 Å². The van der Waals surface area contributed by atoms with Crippen LogP contribution in [0.15, 0.2) is 59.6 Å². The van der Waals surface area contributed by atoms with Gasteiger partial charge in [-0.15, -0.1) is 0 Å². The van der Waals surface area contributed by atoms with Gasteiger partial charge in [0.05, 0.1) is 6.42 Å². The summed E-state index contributed by atoms with van der Waals surface area (Å²) in [7, 11) is 0. The third kappa shape index (κ3) is 4.56. The number of hydrogen-bond donors (Lipinski definition) is 2. The van der Waals surface area contributed by atoms with Crippen molar-refractivity contribution >= 4 is 29.1 Å². The molecule has 29 heavy (non-hydrogen) atoms. The maximum absolute atomic E-state index is 12.7. The zero-order chi connectivity index (χ0) is 20.2. The summed E-state index contributed by atoms with van der Waals surface area (Å²) in [6.07, 6.45) is 0.0606. The van der Waals surface area contributed by atoms with Crippen molar-refractivity contribution in [3.63, 3.8) is 0 Å². The molecule has 0 saturated carbocycles. The highest BCUT2D eigenvalue weighted by atomic mass is 16.2. The number of rotatable bonds is 3. The summed E-state index contributed by atoms with van der Waals surface area (Å²) in [5, 5.41) is 5.71. The molecule has 0 radical (unpaired) electrons. The van der Waals surface area contributed by atoms with Crippen molar-refractivity contribution in [2.24, 2.45) is 4.99 Å². The quantitative estimate of drug-likeness (QED) is 0.839. The number of hydrogen-bond acceptors (Lipinski definition) is 5. The van der Waals surface area contributed by atoms with Crippen molar-refractivity contribution in [3.05, 3.63) is 60.2 Å². The van der Waals surface area contributed by atoms with E-state index in [0.717, 1.165) is 31.7 Å². The van der Waals surface area contributed by atoms with Crippen LogP contribution in [-0.4, -0.2) is 54.9 Å². The lowest BCUT2D eigenvalue weighted by molar-refractivity contribution is -0.125. The van der Waals surface area contributed by atoms with Gasteiger partial charge in [-0.2, -0.15) is 0 Å². The van der Waals surface area contributed by atoms with Crippen LogP contribution in [0.1, 0.15) is 12.0 Å². The number of piperazine rings is 1. The van der Waals surface area contributed by atoms with Crippen molar-refractivity contribution in [1.29, 1.82) is 0 Å². The lowest BCUT2D eigenvalue weighted by atomic mass is 10.1. The number of carbonyl (C=O) groups is 2. The highest BCUT2D eigenvalue weighted by Gasteiger charge is 2.30. The van der Waals surface area contributed by atoms with E-state index in [9.17, 15) is 9.59 Å². The zero-order valence-electron chi connectivity index (χ0n) is 16.5. The van der Waals surface area contributed by atoms with Crippen LogP contribution in [0.3, 0.4) is 0 Å². The molecule has 0 bridgehead atoms. The van der Waals surface area contributed by atoms with Crippen LogP contribution in [0.4, 0.5) is 11.4 Å². The first-order valence-corrected chi connectivity index (χ1v) is 9.88. The molecule has 7 heteroatoms. The molecule has 2 aromatic carbocycles. The van der Waals surface area contributed by atoms with Crippen molar-refractivity contribution in [1.82, 2.24) is 10.2 Å². The first-order valence-electron chi connectivity index (χ1n) is 9.88. The molecule has 2 amide bonds. The van der Waals surface area contributed by atoms with Gasteiger partial charge < -0.3 is 15.1 Å². The summed E-state index contributed by atoms with van der Waals surface area (Å²) in [6.45, 7) is 5.10. The fraction of sp³-hybridized carbons (Fsp3) is 0.318. The molecule has 2 heterocycles. The number of guanidine groups is 1. The molecule has 1 atom stereocenters. The van der Waals surface area contributed by atoms with Crippen molar-refractivity contribution in [3.8, 4) is 0 Å². The smallest absolute Gasteiger partial charge is 0.249 e. The Morgan fingerprint density at radius 3 is 2.48 bits per heavy atom. The van der Waals surface area contributed by atoms with E-state index in [2.05, 4.69) is 32.7 Å². The van der Waals surface area contributed by atoms with E-state index < -0.39 is 6.04 Å². The summed E-state index contributed by atoms with van der Waals surface area (Å²) >= 11 is 0. The van der Waals surface area contributed by atoms with Crippen LogP contribution < -0.4 is 15.5 Å². The van der Waals surface area contributed by atoms with Gasteiger partial charge in [0.2, 0.25) is 17.8 Å². The predicted molar refractivity (Wildman–Crippen MR) is 114 cm³/mol. The molecule has 7 nitrogen and oxygen atoms in total.